The van der Waals surface area contributed by atoms with E-state index in [4.69, 9.17) is 16.4 Å². The number of hydrogen-bond donors (Lipinski definition) is 0. The molecule has 0 aliphatic rings. The van der Waals surface area contributed by atoms with E-state index in [0.29, 0.717) is 11.3 Å². The number of rotatable bonds is 2. The van der Waals surface area contributed by atoms with E-state index < -0.39 is 0 Å². The fourth-order valence-corrected chi connectivity index (χ4v) is 1.26. The number of fused-ring (bicyclic) bond motifs is 1. The summed E-state index contributed by atoms with van der Waals surface area (Å²) in [6, 6.07) is 5.59. The van der Waals surface area contributed by atoms with Crippen LogP contribution in [0.1, 0.15) is 5.56 Å². The Morgan fingerprint density at radius 1 is 1.53 bits per heavy atom. The summed E-state index contributed by atoms with van der Waals surface area (Å²) in [5.74, 6) is 3.01. The molecule has 0 atom stereocenters. The molecule has 72 valence electrons. The third-order valence-corrected chi connectivity index (χ3v) is 1.93. The Bertz CT molecular complexity index is 572. The third kappa shape index (κ3) is 1.61. The van der Waals surface area contributed by atoms with Crippen molar-refractivity contribution in [1.82, 2.24) is 9.61 Å². The molecule has 0 spiro atoms. The Kier molecular flexibility index (Phi) is 2.26. The summed E-state index contributed by atoms with van der Waals surface area (Å²) in [5, 5.41) is 12.8. The smallest absolute Gasteiger partial charge is 0.148 e. The number of hydrogen-bond acceptors (Lipinski definition) is 3. The highest BCUT2D eigenvalue weighted by Crippen LogP contribution is 2.15. The van der Waals surface area contributed by atoms with Crippen LogP contribution in [0.2, 0.25) is 0 Å². The summed E-state index contributed by atoms with van der Waals surface area (Å²) in [5.41, 5.74) is 1.30. The van der Waals surface area contributed by atoms with E-state index in [1.165, 1.54) is 6.20 Å². The van der Waals surface area contributed by atoms with Crippen LogP contribution >= 0.6 is 0 Å². The molecule has 0 aliphatic heterocycles. The zero-order valence-electron chi connectivity index (χ0n) is 7.84. The van der Waals surface area contributed by atoms with Crippen LogP contribution in [0.15, 0.2) is 24.5 Å². The second kappa shape index (κ2) is 3.73. The molecular weight excluding hydrogens is 190 g/mol. The molecule has 2 aromatic rings. The fourth-order valence-electron chi connectivity index (χ4n) is 1.26. The minimum Gasteiger partial charge on any atom is -0.479 e. The van der Waals surface area contributed by atoms with Crippen LogP contribution in [-0.2, 0) is 0 Å². The SMILES string of the molecule is C#CCOc1ccc2c(C#N)cnn2c1. The maximum atomic E-state index is 8.77. The number of ether oxygens (including phenoxy) is 1. The highest BCUT2D eigenvalue weighted by Gasteiger charge is 2.03. The van der Waals surface area contributed by atoms with Gasteiger partial charge in [-0.1, -0.05) is 5.92 Å². The zero-order chi connectivity index (χ0) is 10.7. The van der Waals surface area contributed by atoms with Gasteiger partial charge in [0, 0.05) is 0 Å². The summed E-state index contributed by atoms with van der Waals surface area (Å²) in [6.07, 6.45) is 8.28. The van der Waals surface area contributed by atoms with Crippen LogP contribution in [0.4, 0.5) is 0 Å². The molecule has 0 fully saturated rings. The lowest BCUT2D eigenvalue weighted by Gasteiger charge is -2.01. The van der Waals surface area contributed by atoms with Crippen molar-refractivity contribution >= 4 is 5.52 Å². The predicted octanol–water partition coefficient (Wildman–Crippen LogP) is 1.22. The molecule has 0 bridgehead atoms. The normalized spacial score (nSPS) is 9.47. The molecule has 0 N–H and O–H groups in total. The number of pyridine rings is 1. The fraction of sp³-hybridized carbons (Fsp3) is 0.0909. The Hall–Kier alpha value is -2.46. The van der Waals surface area contributed by atoms with Crippen LogP contribution < -0.4 is 4.74 Å². The van der Waals surface area contributed by atoms with E-state index in [1.807, 2.05) is 0 Å². The molecule has 0 saturated heterocycles. The average molecular weight is 197 g/mol. The molecule has 0 unspecified atom stereocenters. The molecule has 2 aromatic heterocycles. The van der Waals surface area contributed by atoms with Gasteiger partial charge in [-0.3, -0.25) is 0 Å². The van der Waals surface area contributed by atoms with Gasteiger partial charge in [0.25, 0.3) is 0 Å². The van der Waals surface area contributed by atoms with Gasteiger partial charge in [-0.15, -0.1) is 6.42 Å². The van der Waals surface area contributed by atoms with E-state index in [2.05, 4.69) is 17.1 Å². The second-order valence-electron chi connectivity index (χ2n) is 2.86. The van der Waals surface area contributed by atoms with E-state index >= 15 is 0 Å². The van der Waals surface area contributed by atoms with Gasteiger partial charge in [0.2, 0.25) is 0 Å². The average Bonchev–Trinajstić information content (AvgIpc) is 2.68. The molecule has 0 amide bonds. The molecule has 0 aliphatic carbocycles. The summed E-state index contributed by atoms with van der Waals surface area (Å²) in [4.78, 5) is 0. The summed E-state index contributed by atoms with van der Waals surface area (Å²) >= 11 is 0. The first kappa shape index (κ1) is 9.11. The van der Waals surface area contributed by atoms with Crippen LogP contribution in [0.3, 0.4) is 0 Å². The molecule has 0 aromatic carbocycles. The van der Waals surface area contributed by atoms with Gasteiger partial charge >= 0.3 is 0 Å². The standard InChI is InChI=1S/C11H7N3O/c1-2-5-15-10-3-4-11-9(6-12)7-13-14(11)8-10/h1,3-4,7-8H,5H2. The number of terminal acetylenes is 1. The first-order valence-corrected chi connectivity index (χ1v) is 4.29. The lowest BCUT2D eigenvalue weighted by molar-refractivity contribution is 0.368. The highest BCUT2D eigenvalue weighted by molar-refractivity contribution is 5.60. The molecule has 4 heteroatoms. The van der Waals surface area contributed by atoms with Crippen LogP contribution in [0.5, 0.6) is 5.75 Å². The highest BCUT2D eigenvalue weighted by atomic mass is 16.5. The van der Waals surface area contributed by atoms with E-state index in [0.717, 1.165) is 5.52 Å². The lowest BCUT2D eigenvalue weighted by Crippen LogP contribution is -1.95. The molecule has 15 heavy (non-hydrogen) atoms. The van der Waals surface area contributed by atoms with Crippen molar-refractivity contribution in [2.75, 3.05) is 6.61 Å². The third-order valence-electron chi connectivity index (χ3n) is 1.93. The minimum atomic E-state index is 0.220. The van der Waals surface area contributed by atoms with Gasteiger partial charge in [0.15, 0.2) is 0 Å². The van der Waals surface area contributed by atoms with Crippen LogP contribution in [-0.4, -0.2) is 16.2 Å². The first-order valence-electron chi connectivity index (χ1n) is 4.29. The van der Waals surface area contributed by atoms with Crippen molar-refractivity contribution in [2.45, 2.75) is 0 Å². The minimum absolute atomic E-state index is 0.220. The van der Waals surface area contributed by atoms with Gasteiger partial charge in [0.1, 0.15) is 18.4 Å². The summed E-state index contributed by atoms with van der Waals surface area (Å²) < 4.78 is 6.81. The Morgan fingerprint density at radius 2 is 2.40 bits per heavy atom. The molecule has 2 rings (SSSR count). The van der Waals surface area contributed by atoms with Crippen molar-refractivity contribution in [1.29, 1.82) is 5.26 Å². The van der Waals surface area contributed by atoms with Gasteiger partial charge in [-0.25, -0.2) is 4.52 Å². The zero-order valence-corrected chi connectivity index (χ0v) is 7.84. The maximum Gasteiger partial charge on any atom is 0.148 e. The van der Waals surface area contributed by atoms with Gasteiger partial charge in [-0.05, 0) is 12.1 Å². The Morgan fingerprint density at radius 3 is 3.13 bits per heavy atom. The van der Waals surface area contributed by atoms with E-state index in [1.54, 1.807) is 22.8 Å². The first-order chi connectivity index (χ1) is 7.35. The Balaban J connectivity index is 2.42. The van der Waals surface area contributed by atoms with Crippen molar-refractivity contribution in [3.63, 3.8) is 0 Å². The molecule has 2 heterocycles. The van der Waals surface area contributed by atoms with Crippen LogP contribution in [0.25, 0.3) is 5.52 Å². The summed E-state index contributed by atoms with van der Waals surface area (Å²) in [6.45, 7) is 0.220. The topological polar surface area (TPSA) is 50.3 Å². The van der Waals surface area contributed by atoms with Gasteiger partial charge in [-0.2, -0.15) is 10.4 Å². The lowest BCUT2D eigenvalue weighted by atomic mass is 10.3. The van der Waals surface area contributed by atoms with Crippen molar-refractivity contribution in [2.24, 2.45) is 0 Å². The molecular formula is C11H7N3O. The van der Waals surface area contributed by atoms with Crippen molar-refractivity contribution < 1.29 is 4.74 Å². The quantitative estimate of drug-likeness (QED) is 0.680. The molecule has 0 radical (unpaired) electrons. The monoisotopic (exact) mass is 197 g/mol. The van der Waals surface area contributed by atoms with E-state index in [-0.39, 0.29) is 6.61 Å². The number of nitriles is 1. The van der Waals surface area contributed by atoms with Crippen LogP contribution in [0, 0.1) is 23.7 Å². The van der Waals surface area contributed by atoms with Crippen molar-refractivity contribution in [3.8, 4) is 24.2 Å². The molecule has 0 saturated carbocycles. The van der Waals surface area contributed by atoms with Gasteiger partial charge in [0.05, 0.1) is 23.5 Å². The van der Waals surface area contributed by atoms with Gasteiger partial charge < -0.3 is 4.74 Å². The summed E-state index contributed by atoms with van der Waals surface area (Å²) in [7, 11) is 0. The van der Waals surface area contributed by atoms with Crippen molar-refractivity contribution in [3.05, 3.63) is 30.1 Å². The maximum absolute atomic E-state index is 8.77. The molecule has 4 nitrogen and oxygen atoms in total. The van der Waals surface area contributed by atoms with E-state index in [9.17, 15) is 0 Å². The Labute approximate surface area is 86.7 Å². The second-order valence-corrected chi connectivity index (χ2v) is 2.86. The number of nitrogens with zero attached hydrogens (tertiary/aromatic N) is 3. The largest absolute Gasteiger partial charge is 0.479 e. The predicted molar refractivity (Wildman–Crippen MR) is 54.2 cm³/mol. The number of aromatic nitrogens is 2.